The molecule has 7 nitrogen and oxygen atoms in total. The Morgan fingerprint density at radius 2 is 1.90 bits per heavy atom. The van der Waals surface area contributed by atoms with Crippen LogP contribution in [-0.4, -0.2) is 61.3 Å². The lowest BCUT2D eigenvalue weighted by Crippen LogP contribution is -2.49. The van der Waals surface area contributed by atoms with Crippen molar-refractivity contribution in [2.45, 2.75) is 50.6 Å². The molecule has 0 N–H and O–H groups in total. The van der Waals surface area contributed by atoms with E-state index in [-0.39, 0.29) is 22.1 Å². The van der Waals surface area contributed by atoms with Gasteiger partial charge in [-0.1, -0.05) is 24.3 Å². The van der Waals surface area contributed by atoms with E-state index in [0.717, 1.165) is 61.5 Å². The summed E-state index contributed by atoms with van der Waals surface area (Å²) < 4.78 is 63.5. The third-order valence-electron chi connectivity index (χ3n) is 8.94. The van der Waals surface area contributed by atoms with Crippen LogP contribution in [0.4, 0.5) is 19.0 Å². The van der Waals surface area contributed by atoms with E-state index in [9.17, 15) is 26.9 Å². The molecule has 3 fully saturated rings. The number of fused-ring (bicyclic) bond motifs is 1. The van der Waals surface area contributed by atoms with E-state index in [4.69, 9.17) is 0 Å². The normalized spacial score (nSPS) is 24.4. The summed E-state index contributed by atoms with van der Waals surface area (Å²) in [6.07, 6.45) is 2.41. The van der Waals surface area contributed by atoms with Gasteiger partial charge in [0.2, 0.25) is 10.0 Å². The van der Waals surface area contributed by atoms with Gasteiger partial charge >= 0.3 is 6.18 Å². The smallest absolute Gasteiger partial charge is 0.355 e. The molecular formula is C29H32F3N5O2S2. The van der Waals surface area contributed by atoms with Crippen molar-refractivity contribution in [3.63, 3.8) is 0 Å². The van der Waals surface area contributed by atoms with E-state index < -0.39 is 22.6 Å². The number of hydrogen-bond donors (Lipinski definition) is 0. The summed E-state index contributed by atoms with van der Waals surface area (Å²) in [4.78, 5) is 11.8. The molecule has 0 bridgehead atoms. The Hall–Kier alpha value is -2.75. The highest BCUT2D eigenvalue weighted by Gasteiger charge is 2.48. The van der Waals surface area contributed by atoms with Gasteiger partial charge < -0.3 is 4.90 Å². The van der Waals surface area contributed by atoms with Crippen LogP contribution in [0.1, 0.15) is 47.6 Å². The summed E-state index contributed by atoms with van der Waals surface area (Å²) in [5.41, 5.74) is 2.45. The Morgan fingerprint density at radius 3 is 2.56 bits per heavy atom. The van der Waals surface area contributed by atoms with Crippen molar-refractivity contribution >= 4 is 37.4 Å². The van der Waals surface area contributed by atoms with Gasteiger partial charge in [-0.15, -0.1) is 11.3 Å². The molecule has 0 radical (unpaired) electrons. The molecule has 1 spiro atoms. The second kappa shape index (κ2) is 10.5. The van der Waals surface area contributed by atoms with Gasteiger partial charge in [0, 0.05) is 31.1 Å². The predicted octanol–water partition coefficient (Wildman–Crippen LogP) is 5.53. The molecule has 2 aromatic heterocycles. The molecule has 3 aliphatic rings. The molecule has 12 heteroatoms. The van der Waals surface area contributed by atoms with Crippen molar-refractivity contribution in [2.75, 3.05) is 37.3 Å². The van der Waals surface area contributed by atoms with Gasteiger partial charge in [-0.2, -0.15) is 18.4 Å². The van der Waals surface area contributed by atoms with Crippen LogP contribution >= 0.6 is 11.3 Å². The van der Waals surface area contributed by atoms with Crippen molar-refractivity contribution in [3.05, 3.63) is 52.7 Å². The fourth-order valence-electron chi connectivity index (χ4n) is 6.95. The third-order valence-corrected chi connectivity index (χ3v) is 11.2. The minimum absolute atomic E-state index is 0.214. The summed E-state index contributed by atoms with van der Waals surface area (Å²) in [5.74, 6) is 1.29. The Morgan fingerprint density at radius 1 is 1.17 bits per heavy atom. The Labute approximate surface area is 242 Å². The first-order valence-electron chi connectivity index (χ1n) is 13.9. The predicted molar refractivity (Wildman–Crippen MR) is 152 cm³/mol. The van der Waals surface area contributed by atoms with Crippen LogP contribution < -0.4 is 4.90 Å². The molecule has 1 aliphatic carbocycles. The molecule has 41 heavy (non-hydrogen) atoms. The summed E-state index contributed by atoms with van der Waals surface area (Å²) >= 11 is 1.09. The first kappa shape index (κ1) is 28.4. The van der Waals surface area contributed by atoms with Crippen LogP contribution in [0.5, 0.6) is 0 Å². The number of hydrogen-bond acceptors (Lipinski definition) is 7. The molecule has 2 aliphatic heterocycles. The molecule has 1 unspecified atom stereocenters. The molecule has 4 heterocycles. The van der Waals surface area contributed by atoms with Gasteiger partial charge in [0.25, 0.3) is 0 Å². The van der Waals surface area contributed by atoms with E-state index >= 15 is 0 Å². The number of rotatable bonds is 8. The number of alkyl halides is 3. The van der Waals surface area contributed by atoms with Crippen LogP contribution in [0.25, 0.3) is 10.2 Å². The third kappa shape index (κ3) is 6.08. The Bertz CT molecular complexity index is 1570. The number of nitrogens with zero attached hydrogens (tertiary/aromatic N) is 5. The quantitative estimate of drug-likeness (QED) is 0.336. The number of halogens is 3. The van der Waals surface area contributed by atoms with Crippen molar-refractivity contribution in [3.8, 4) is 6.07 Å². The lowest BCUT2D eigenvalue weighted by atomic mass is 9.60. The molecule has 0 amide bonds. The zero-order valence-corrected chi connectivity index (χ0v) is 24.4. The van der Waals surface area contributed by atoms with Crippen molar-refractivity contribution in [1.29, 1.82) is 5.26 Å². The molecule has 2 saturated heterocycles. The van der Waals surface area contributed by atoms with E-state index in [2.05, 4.69) is 33.1 Å². The number of nitriles is 1. The number of thiophene rings is 1. The number of sulfonamides is 1. The maximum Gasteiger partial charge on any atom is 0.393 e. The van der Waals surface area contributed by atoms with E-state index in [1.807, 2.05) is 12.1 Å². The number of aromatic nitrogens is 2. The SMILES string of the molecule is CS(=O)(=O)N1CC(CC(C#N)c2ccc(CC3CC4(CCN(c5ncnc6sc(CC(F)(F)F)cc56)C4)C3)cc2)C1. The number of benzene rings is 1. The van der Waals surface area contributed by atoms with Crippen LogP contribution in [0, 0.1) is 28.6 Å². The minimum atomic E-state index is -4.24. The average molecular weight is 604 g/mol. The fourth-order valence-corrected chi connectivity index (χ4v) is 8.93. The van der Waals surface area contributed by atoms with Gasteiger partial charge in [-0.05, 0) is 66.5 Å². The van der Waals surface area contributed by atoms with Crippen molar-refractivity contribution in [2.24, 2.45) is 17.3 Å². The van der Waals surface area contributed by atoms with E-state index in [0.29, 0.717) is 35.6 Å². The summed E-state index contributed by atoms with van der Waals surface area (Å²) in [7, 11) is -3.15. The first-order valence-corrected chi connectivity index (χ1v) is 16.5. The second-order valence-corrected chi connectivity index (χ2v) is 15.3. The lowest BCUT2D eigenvalue weighted by molar-refractivity contribution is -0.126. The highest BCUT2D eigenvalue weighted by atomic mass is 32.2. The fraction of sp³-hybridized carbons (Fsp3) is 0.552. The molecule has 1 aromatic carbocycles. The van der Waals surface area contributed by atoms with Gasteiger partial charge in [0.05, 0.1) is 30.0 Å². The zero-order chi connectivity index (χ0) is 29.0. The summed E-state index contributed by atoms with van der Waals surface area (Å²) in [6.45, 7) is 2.69. The van der Waals surface area contributed by atoms with Crippen molar-refractivity contribution < 1.29 is 21.6 Å². The van der Waals surface area contributed by atoms with Gasteiger partial charge in [0.1, 0.15) is 17.0 Å². The molecule has 1 atom stereocenters. The largest absolute Gasteiger partial charge is 0.393 e. The lowest BCUT2D eigenvalue weighted by Gasteiger charge is -2.45. The van der Waals surface area contributed by atoms with E-state index in [1.54, 1.807) is 6.07 Å². The highest BCUT2D eigenvalue weighted by Crippen LogP contribution is 2.53. The zero-order valence-electron chi connectivity index (χ0n) is 22.8. The highest BCUT2D eigenvalue weighted by molar-refractivity contribution is 7.88. The molecular weight excluding hydrogens is 571 g/mol. The molecule has 218 valence electrons. The van der Waals surface area contributed by atoms with Crippen LogP contribution in [0.15, 0.2) is 36.7 Å². The van der Waals surface area contributed by atoms with E-state index in [1.165, 1.54) is 22.5 Å². The first-order chi connectivity index (χ1) is 19.4. The molecule has 1 saturated carbocycles. The molecule has 3 aromatic rings. The minimum Gasteiger partial charge on any atom is -0.355 e. The maximum atomic E-state index is 12.9. The Balaban J connectivity index is 1.02. The average Bonchev–Trinajstić information content (AvgIpc) is 3.46. The topological polar surface area (TPSA) is 90.2 Å². The monoisotopic (exact) mass is 603 g/mol. The maximum absolute atomic E-state index is 12.9. The van der Waals surface area contributed by atoms with Crippen LogP contribution in [0.3, 0.4) is 0 Å². The number of anilines is 1. The summed E-state index contributed by atoms with van der Waals surface area (Å²) in [6, 6.07) is 12.3. The Kier molecular flexibility index (Phi) is 7.27. The standard InChI is InChI=1S/C29H32F3N5O2S2/c1-41(38,39)37-15-21(16-37)9-23(14-33)22-4-2-19(3-5-22)8-20-11-28(12-20)6-7-36(17-28)26-25-10-24(13-29(30,31)32)40-27(25)35-18-34-26/h2-5,10,18,20-21,23H,6-9,11-13,15-17H2,1H3. The second-order valence-electron chi connectivity index (χ2n) is 12.2. The van der Waals surface area contributed by atoms with Gasteiger partial charge in [-0.25, -0.2) is 22.7 Å². The van der Waals surface area contributed by atoms with Crippen LogP contribution in [0.2, 0.25) is 0 Å². The van der Waals surface area contributed by atoms with Crippen molar-refractivity contribution in [1.82, 2.24) is 14.3 Å². The van der Waals surface area contributed by atoms with Gasteiger partial charge in [-0.3, -0.25) is 0 Å². The van der Waals surface area contributed by atoms with Gasteiger partial charge in [0.15, 0.2) is 0 Å². The summed E-state index contributed by atoms with van der Waals surface area (Å²) in [5, 5.41) is 10.4. The molecule has 6 rings (SSSR count). The van der Waals surface area contributed by atoms with Crippen LogP contribution in [-0.2, 0) is 22.9 Å².